The number of para-hydroxylation sites is 1. The fraction of sp³-hybridized carbons (Fsp3) is 0.152. The van der Waals surface area contributed by atoms with Crippen LogP contribution in [0.25, 0.3) is 66.7 Å². The molecule has 5 heteroatoms. The minimum absolute atomic E-state index is 0. The Kier molecular flexibility index (Phi) is 5.51. The average Bonchev–Trinajstić information content (AvgIpc) is 3.70. The predicted molar refractivity (Wildman–Crippen MR) is 206 cm³/mol. The molecule has 8 rings (SSSR count). The Morgan fingerprint density at radius 1 is 0.824 bits per heavy atom. The Morgan fingerprint density at radius 2 is 1.69 bits per heavy atom. The molecule has 255 valence electrons. The zero-order valence-corrected chi connectivity index (χ0v) is 29.8. The smallest absolute Gasteiger partial charge is 0.120 e. The molecule has 0 unspecified atom stereocenters. The van der Waals surface area contributed by atoms with Crippen molar-refractivity contribution in [2.24, 2.45) is 5.41 Å². The molecule has 0 aliphatic carbocycles. The molecule has 0 fully saturated rings. The van der Waals surface area contributed by atoms with Gasteiger partial charge in [-0.1, -0.05) is 117 Å². The second-order valence-corrected chi connectivity index (χ2v) is 12.0. The maximum absolute atomic E-state index is 8.99. The molecular weight excluding hydrogens is 803 g/mol. The van der Waals surface area contributed by atoms with Gasteiger partial charge < -0.3 is 14.4 Å². The van der Waals surface area contributed by atoms with E-state index in [2.05, 4.69) is 27.1 Å². The van der Waals surface area contributed by atoms with Crippen molar-refractivity contribution in [3.05, 3.63) is 163 Å². The van der Waals surface area contributed by atoms with E-state index in [1.165, 1.54) is 18.3 Å². The van der Waals surface area contributed by atoms with Crippen molar-refractivity contribution >= 4 is 21.9 Å². The zero-order chi connectivity index (χ0) is 51.9. The van der Waals surface area contributed by atoms with Gasteiger partial charge in [-0.25, -0.2) is 0 Å². The summed E-state index contributed by atoms with van der Waals surface area (Å²) in [7, 11) is 0. The molecule has 4 aromatic heterocycles. The molecule has 4 heterocycles. The molecule has 4 aromatic carbocycles. The van der Waals surface area contributed by atoms with E-state index < -0.39 is 121 Å². The molecular formula is C46H39IrN3O-2. The average molecular weight is 862 g/mol. The van der Waals surface area contributed by atoms with E-state index in [0.717, 1.165) is 5.56 Å². The molecule has 0 saturated carbocycles. The van der Waals surface area contributed by atoms with E-state index in [4.69, 9.17) is 31.8 Å². The third-order valence-corrected chi connectivity index (χ3v) is 7.17. The van der Waals surface area contributed by atoms with E-state index in [-0.39, 0.29) is 58.7 Å². The van der Waals surface area contributed by atoms with Crippen LogP contribution in [0, 0.1) is 31.3 Å². The Morgan fingerprint density at radius 3 is 2.47 bits per heavy atom. The fourth-order valence-electron chi connectivity index (χ4n) is 4.93. The van der Waals surface area contributed by atoms with Gasteiger partial charge in [0.25, 0.3) is 0 Å². The molecule has 0 amide bonds. The fourth-order valence-corrected chi connectivity index (χ4v) is 4.93. The van der Waals surface area contributed by atoms with Gasteiger partial charge in [-0.2, -0.15) is 0 Å². The normalized spacial score (nSPS) is 17.5. The molecule has 0 saturated heterocycles. The van der Waals surface area contributed by atoms with Crippen molar-refractivity contribution in [2.45, 2.75) is 40.8 Å². The third-order valence-electron chi connectivity index (χ3n) is 7.17. The number of benzene rings is 4. The van der Waals surface area contributed by atoms with E-state index in [0.29, 0.717) is 16.8 Å². The Bertz CT molecular complexity index is 3390. The van der Waals surface area contributed by atoms with Crippen molar-refractivity contribution in [1.82, 2.24) is 15.0 Å². The first-order chi connectivity index (χ1) is 32.4. The van der Waals surface area contributed by atoms with Crippen molar-refractivity contribution in [1.29, 1.82) is 0 Å². The SMILES string of the molecule is [2H]C([2H])([2H])c1ccc(-c2[c-]cc(C([2H])([2H])[2H])c(-c3ccccc3)c2)nc1.[2H]c1[c-]c(-c2nc([2H])c([2H])c(-c3c([2H])nc(C([2H])([2H])C(C)(C)C)c([2H])c3[2H])c2[2H])c2oc3c([2H])c([2H])c([2H])c([2H])c3c2c1[2H].[Ir]. The zero-order valence-electron chi connectivity index (χ0n) is 47.4. The van der Waals surface area contributed by atoms with Crippen molar-refractivity contribution in [2.75, 3.05) is 0 Å². The summed E-state index contributed by atoms with van der Waals surface area (Å²) in [6.07, 6.45) is -2.36. The van der Waals surface area contributed by atoms with Crippen LogP contribution in [0.4, 0.5) is 0 Å². The molecule has 0 atom stereocenters. The largest absolute Gasteiger partial charge is 0.501 e. The summed E-state index contributed by atoms with van der Waals surface area (Å²) in [6, 6.07) is 15.1. The van der Waals surface area contributed by atoms with Crippen LogP contribution in [0.5, 0.6) is 0 Å². The van der Waals surface area contributed by atoms with Crippen LogP contribution in [0.15, 0.2) is 138 Å². The van der Waals surface area contributed by atoms with Crippen LogP contribution < -0.4 is 0 Å². The van der Waals surface area contributed by atoms with Gasteiger partial charge in [-0.3, -0.25) is 4.98 Å². The summed E-state index contributed by atoms with van der Waals surface area (Å²) in [5, 5.41) is -0.357. The summed E-state index contributed by atoms with van der Waals surface area (Å²) < 4.78 is 170. The first-order valence-corrected chi connectivity index (χ1v) is 15.3. The van der Waals surface area contributed by atoms with Crippen LogP contribution in [0.2, 0.25) is 0 Å². The summed E-state index contributed by atoms with van der Waals surface area (Å²) in [5.41, 5.74) is -0.914. The van der Waals surface area contributed by atoms with Gasteiger partial charge in [-0.05, 0) is 71.8 Å². The standard InChI is InChI=1S/C27H23N2O.C19H16N.Ir/c1-27(2,3)16-20-12-11-19(17-29-20)18-13-14-28-24(15-18)23-9-6-8-22-21-7-4-5-10-25(21)30-26(22)23;1-14-8-11-19(20-13-14)17-10-9-15(2)18(12-17)16-6-4-3-5-7-16;/h4-8,10-15,17H,16H2,1-3H3;3-9,11-13H,1-2H3;/q2*-1;/i4D,5D,6D,7D,8D,10D,11D,12D,13D,14D,15D,16D2,17D;1D3,2D3;. The van der Waals surface area contributed by atoms with E-state index in [1.54, 1.807) is 32.9 Å². The van der Waals surface area contributed by atoms with Crippen LogP contribution in [-0.4, -0.2) is 15.0 Å². The molecule has 0 spiro atoms. The minimum Gasteiger partial charge on any atom is -0.501 e. The van der Waals surface area contributed by atoms with Crippen molar-refractivity contribution in [3.8, 4) is 44.8 Å². The van der Waals surface area contributed by atoms with Crippen LogP contribution >= 0.6 is 0 Å². The summed E-state index contributed by atoms with van der Waals surface area (Å²) in [4.78, 5) is 12.2. The second kappa shape index (κ2) is 15.3. The third kappa shape index (κ3) is 8.23. The van der Waals surface area contributed by atoms with Gasteiger partial charge in [0.1, 0.15) is 5.58 Å². The summed E-state index contributed by atoms with van der Waals surface area (Å²) >= 11 is 0. The van der Waals surface area contributed by atoms with Gasteiger partial charge in [-0.15, -0.1) is 47.5 Å². The first kappa shape index (κ1) is 18.3. The number of hydrogen-bond acceptors (Lipinski definition) is 4. The Balaban J connectivity index is 0.000000261. The molecule has 0 bridgehead atoms. The van der Waals surface area contributed by atoms with Crippen LogP contribution in [0.3, 0.4) is 0 Å². The van der Waals surface area contributed by atoms with Crippen molar-refractivity contribution in [3.63, 3.8) is 0 Å². The van der Waals surface area contributed by atoms with E-state index >= 15 is 0 Å². The molecule has 8 aromatic rings. The molecule has 0 aliphatic rings. The monoisotopic (exact) mass is 862 g/mol. The topological polar surface area (TPSA) is 51.8 Å². The number of nitrogens with zero attached hydrogens (tertiary/aromatic N) is 3. The molecule has 0 N–H and O–H groups in total. The van der Waals surface area contributed by atoms with Crippen molar-refractivity contribution < 1.29 is 51.9 Å². The van der Waals surface area contributed by atoms with Gasteiger partial charge in [0, 0.05) is 62.1 Å². The maximum atomic E-state index is 8.99. The summed E-state index contributed by atoms with van der Waals surface area (Å²) in [5.74, 6) is 0. The van der Waals surface area contributed by atoms with Crippen LogP contribution in [-0.2, 0) is 26.5 Å². The number of rotatable bonds is 5. The van der Waals surface area contributed by atoms with Crippen LogP contribution in [0.1, 0.15) is 65.0 Å². The second-order valence-electron chi connectivity index (χ2n) is 12.0. The molecule has 51 heavy (non-hydrogen) atoms. The summed E-state index contributed by atoms with van der Waals surface area (Å²) in [6.45, 7) is 0.235. The number of aromatic nitrogens is 3. The number of pyridine rings is 3. The van der Waals surface area contributed by atoms with E-state index in [9.17, 15) is 0 Å². The van der Waals surface area contributed by atoms with Gasteiger partial charge in [0.15, 0.2) is 0 Å². The number of fused-ring (bicyclic) bond motifs is 3. The number of furan rings is 1. The van der Waals surface area contributed by atoms with E-state index in [1.807, 2.05) is 30.3 Å². The molecule has 4 nitrogen and oxygen atoms in total. The molecule has 0 aliphatic heterocycles. The van der Waals surface area contributed by atoms with Gasteiger partial charge in [0.2, 0.25) is 0 Å². The Labute approximate surface area is 342 Å². The number of aryl methyl sites for hydroxylation is 2. The first-order valence-electron chi connectivity index (χ1n) is 25.3. The quantitative estimate of drug-likeness (QED) is 0.162. The van der Waals surface area contributed by atoms with Gasteiger partial charge >= 0.3 is 0 Å². The predicted octanol–water partition coefficient (Wildman–Crippen LogP) is 11.9. The Hall–Kier alpha value is -5.22. The maximum Gasteiger partial charge on any atom is 0.120 e. The molecule has 1 radical (unpaired) electrons. The minimum atomic E-state index is -2.27. The number of hydrogen-bond donors (Lipinski definition) is 0. The van der Waals surface area contributed by atoms with Gasteiger partial charge in [0.05, 0.1) is 19.3 Å².